The molecular weight excluding hydrogens is 326 g/mol. The van der Waals surface area contributed by atoms with Crippen molar-refractivity contribution in [1.82, 2.24) is 14.5 Å². The number of nitrogens with zero attached hydrogens (tertiary/aromatic N) is 2. The van der Waals surface area contributed by atoms with Gasteiger partial charge in [0.25, 0.3) is 5.91 Å². The summed E-state index contributed by atoms with van der Waals surface area (Å²) in [7, 11) is -0.321. The van der Waals surface area contributed by atoms with Crippen molar-refractivity contribution in [3.8, 4) is 0 Å². The average molecular weight is 353 g/mol. The fourth-order valence-electron chi connectivity index (χ4n) is 2.93. The Morgan fingerprint density at radius 3 is 2.54 bits per heavy atom. The number of likely N-dealkylation sites (tertiary alicyclic amines) is 1. The minimum atomic E-state index is -3.61. The Bertz CT molecular complexity index is 665. The molecule has 0 aromatic heterocycles. The Morgan fingerprint density at radius 1 is 1.29 bits per heavy atom. The van der Waals surface area contributed by atoms with E-state index in [2.05, 4.69) is 16.5 Å². The molecule has 1 aromatic rings. The van der Waals surface area contributed by atoms with Gasteiger partial charge in [-0.2, -0.15) is 0 Å². The molecule has 0 radical (unpaired) electrons. The summed E-state index contributed by atoms with van der Waals surface area (Å²) in [6.45, 7) is 5.05. The molecule has 1 amide bonds. The zero-order valence-corrected chi connectivity index (χ0v) is 15.5. The first-order valence-corrected chi connectivity index (χ1v) is 9.88. The number of piperidine rings is 1. The van der Waals surface area contributed by atoms with E-state index in [-0.39, 0.29) is 16.8 Å². The normalized spacial score (nSPS) is 17.0. The molecule has 1 aromatic carbocycles. The van der Waals surface area contributed by atoms with E-state index in [4.69, 9.17) is 0 Å². The monoisotopic (exact) mass is 353 g/mol. The van der Waals surface area contributed by atoms with Gasteiger partial charge in [-0.15, -0.1) is 0 Å². The second-order valence-electron chi connectivity index (χ2n) is 6.46. The van der Waals surface area contributed by atoms with Crippen molar-refractivity contribution in [3.05, 3.63) is 29.8 Å². The maximum atomic E-state index is 12.6. The summed E-state index contributed by atoms with van der Waals surface area (Å²) in [5.74, 6) is -0.208. The first-order chi connectivity index (χ1) is 11.3. The van der Waals surface area contributed by atoms with E-state index in [1.165, 1.54) is 17.0 Å². The average Bonchev–Trinajstić information content (AvgIpc) is 2.56. The second-order valence-corrected chi connectivity index (χ2v) is 8.18. The van der Waals surface area contributed by atoms with E-state index >= 15 is 0 Å². The van der Waals surface area contributed by atoms with Crippen molar-refractivity contribution in [1.29, 1.82) is 0 Å². The van der Waals surface area contributed by atoms with Crippen LogP contribution in [0.15, 0.2) is 29.2 Å². The number of benzene rings is 1. The molecule has 0 bridgehead atoms. The molecule has 1 saturated heterocycles. The first-order valence-electron chi connectivity index (χ1n) is 8.40. The molecule has 7 heteroatoms. The smallest absolute Gasteiger partial charge is 0.253 e. The minimum absolute atomic E-state index is 0.0451. The van der Waals surface area contributed by atoms with Crippen molar-refractivity contribution in [2.75, 3.05) is 33.7 Å². The zero-order chi connectivity index (χ0) is 17.7. The summed E-state index contributed by atoms with van der Waals surface area (Å²) < 4.78 is 28.0. The van der Waals surface area contributed by atoms with Gasteiger partial charge in [-0.3, -0.25) is 4.79 Å². The summed E-state index contributed by atoms with van der Waals surface area (Å²) >= 11 is 0. The van der Waals surface area contributed by atoms with Crippen LogP contribution in [0.3, 0.4) is 0 Å². The predicted molar refractivity (Wildman–Crippen MR) is 94.5 cm³/mol. The van der Waals surface area contributed by atoms with Crippen molar-refractivity contribution < 1.29 is 13.2 Å². The molecular formula is C17H27N3O3S. The molecule has 0 aliphatic carbocycles. The van der Waals surface area contributed by atoms with Gasteiger partial charge >= 0.3 is 0 Å². The molecule has 1 N–H and O–H groups in total. The van der Waals surface area contributed by atoms with Gasteiger partial charge < -0.3 is 9.80 Å². The van der Waals surface area contributed by atoms with Gasteiger partial charge in [0, 0.05) is 25.7 Å². The van der Waals surface area contributed by atoms with Gasteiger partial charge in [0.2, 0.25) is 10.0 Å². The SMILES string of the molecule is CCCN1CCC(NS(=O)(=O)c2cccc(C(=O)N(C)C)c2)CC1. The number of hydrogen-bond acceptors (Lipinski definition) is 4. The molecule has 1 fully saturated rings. The van der Waals surface area contributed by atoms with E-state index in [0.29, 0.717) is 5.56 Å². The molecule has 0 spiro atoms. The van der Waals surface area contributed by atoms with Crippen molar-refractivity contribution in [2.24, 2.45) is 0 Å². The van der Waals surface area contributed by atoms with E-state index in [9.17, 15) is 13.2 Å². The zero-order valence-electron chi connectivity index (χ0n) is 14.7. The number of carbonyl (C=O) groups is 1. The third-order valence-corrected chi connectivity index (χ3v) is 5.76. The quantitative estimate of drug-likeness (QED) is 0.842. The second kappa shape index (κ2) is 8.09. The maximum absolute atomic E-state index is 12.6. The molecule has 2 rings (SSSR count). The molecule has 6 nitrogen and oxygen atoms in total. The number of amides is 1. The van der Waals surface area contributed by atoms with Crippen LogP contribution in [0, 0.1) is 0 Å². The van der Waals surface area contributed by atoms with Crippen LogP contribution in [-0.2, 0) is 10.0 Å². The maximum Gasteiger partial charge on any atom is 0.253 e. The molecule has 0 saturated carbocycles. The van der Waals surface area contributed by atoms with Gasteiger partial charge in [0.15, 0.2) is 0 Å². The van der Waals surface area contributed by atoms with Gasteiger partial charge in [-0.1, -0.05) is 13.0 Å². The number of sulfonamides is 1. The lowest BCUT2D eigenvalue weighted by atomic mass is 10.1. The highest BCUT2D eigenvalue weighted by Gasteiger charge is 2.25. The van der Waals surface area contributed by atoms with Crippen LogP contribution in [0.2, 0.25) is 0 Å². The van der Waals surface area contributed by atoms with Crippen LogP contribution in [-0.4, -0.2) is 63.9 Å². The largest absolute Gasteiger partial charge is 0.345 e. The van der Waals surface area contributed by atoms with Crippen molar-refractivity contribution >= 4 is 15.9 Å². The predicted octanol–water partition coefficient (Wildman–Crippen LogP) is 1.54. The summed E-state index contributed by atoms with van der Waals surface area (Å²) in [5.41, 5.74) is 0.376. The van der Waals surface area contributed by atoms with Gasteiger partial charge in [-0.25, -0.2) is 13.1 Å². The third-order valence-electron chi connectivity index (χ3n) is 4.25. The molecule has 1 heterocycles. The van der Waals surface area contributed by atoms with Crippen LogP contribution in [0.4, 0.5) is 0 Å². The van der Waals surface area contributed by atoms with Crippen molar-refractivity contribution in [3.63, 3.8) is 0 Å². The summed E-state index contributed by atoms with van der Waals surface area (Å²) in [5, 5.41) is 0. The van der Waals surface area contributed by atoms with Crippen LogP contribution in [0.25, 0.3) is 0 Å². The van der Waals surface area contributed by atoms with E-state index in [0.717, 1.165) is 38.9 Å². The topological polar surface area (TPSA) is 69.7 Å². The molecule has 1 aliphatic heterocycles. The highest BCUT2D eigenvalue weighted by Crippen LogP contribution is 2.17. The molecule has 134 valence electrons. The Morgan fingerprint density at radius 2 is 1.96 bits per heavy atom. The highest BCUT2D eigenvalue weighted by molar-refractivity contribution is 7.89. The highest BCUT2D eigenvalue weighted by atomic mass is 32.2. The lowest BCUT2D eigenvalue weighted by Gasteiger charge is -2.31. The number of hydrogen-bond donors (Lipinski definition) is 1. The fourth-order valence-corrected chi connectivity index (χ4v) is 4.28. The minimum Gasteiger partial charge on any atom is -0.345 e. The van der Waals surface area contributed by atoms with Crippen LogP contribution in [0.5, 0.6) is 0 Å². The van der Waals surface area contributed by atoms with Gasteiger partial charge in [-0.05, 0) is 57.1 Å². The first kappa shape index (κ1) is 18.9. The number of nitrogens with one attached hydrogen (secondary N) is 1. The Kier molecular flexibility index (Phi) is 6.37. The van der Waals surface area contributed by atoms with E-state index in [1.807, 2.05) is 0 Å². The van der Waals surface area contributed by atoms with Crippen LogP contribution in [0.1, 0.15) is 36.5 Å². The summed E-state index contributed by atoms with van der Waals surface area (Å²) in [6.07, 6.45) is 2.74. The lowest BCUT2D eigenvalue weighted by Crippen LogP contribution is -2.44. The molecule has 0 unspecified atom stereocenters. The van der Waals surface area contributed by atoms with Crippen LogP contribution >= 0.6 is 0 Å². The standard InChI is InChI=1S/C17H27N3O3S/c1-4-10-20-11-8-15(9-12-20)18-24(22,23)16-7-5-6-14(13-16)17(21)19(2)3/h5-7,13,15,18H,4,8-12H2,1-3H3. The Balaban J connectivity index is 2.06. The van der Waals surface area contributed by atoms with Crippen molar-refractivity contribution in [2.45, 2.75) is 37.1 Å². The Labute approximate surface area is 144 Å². The summed E-state index contributed by atoms with van der Waals surface area (Å²) in [6, 6.07) is 6.16. The van der Waals surface area contributed by atoms with E-state index < -0.39 is 10.0 Å². The van der Waals surface area contributed by atoms with Gasteiger partial charge in [0.05, 0.1) is 4.90 Å². The molecule has 0 atom stereocenters. The molecule has 1 aliphatic rings. The Hall–Kier alpha value is -1.44. The lowest BCUT2D eigenvalue weighted by molar-refractivity contribution is 0.0827. The number of rotatable bonds is 6. The fraction of sp³-hybridized carbons (Fsp3) is 0.588. The number of carbonyl (C=O) groups excluding carboxylic acids is 1. The van der Waals surface area contributed by atoms with Gasteiger partial charge in [0.1, 0.15) is 0 Å². The van der Waals surface area contributed by atoms with E-state index in [1.54, 1.807) is 26.2 Å². The van der Waals surface area contributed by atoms with Crippen LogP contribution < -0.4 is 4.72 Å². The molecule has 24 heavy (non-hydrogen) atoms. The third kappa shape index (κ3) is 4.78. The summed E-state index contributed by atoms with van der Waals surface area (Å²) in [4.78, 5) is 16.0.